The van der Waals surface area contributed by atoms with Gasteiger partial charge in [0.25, 0.3) is 0 Å². The molecule has 3 aromatic heterocycles. The van der Waals surface area contributed by atoms with E-state index < -0.39 is 0 Å². The fourth-order valence-electron chi connectivity index (χ4n) is 2.49. The fraction of sp³-hybridized carbons (Fsp3) is 0.176. The SMILES string of the molecule is CCOC(=O)c1cc2cc(CO)ccn2c1-c1cccnc1. The van der Waals surface area contributed by atoms with Gasteiger partial charge in [0.2, 0.25) is 0 Å². The van der Waals surface area contributed by atoms with E-state index in [-0.39, 0.29) is 12.6 Å². The van der Waals surface area contributed by atoms with E-state index in [2.05, 4.69) is 4.98 Å². The fourth-order valence-corrected chi connectivity index (χ4v) is 2.49. The second kappa shape index (κ2) is 5.99. The summed E-state index contributed by atoms with van der Waals surface area (Å²) in [5.74, 6) is -0.365. The third-order valence-corrected chi connectivity index (χ3v) is 3.45. The van der Waals surface area contributed by atoms with Gasteiger partial charge in [-0.1, -0.05) is 0 Å². The summed E-state index contributed by atoms with van der Waals surface area (Å²) in [4.78, 5) is 16.4. The Hall–Kier alpha value is -2.66. The molecule has 0 saturated carbocycles. The highest BCUT2D eigenvalue weighted by molar-refractivity contribution is 5.99. The van der Waals surface area contributed by atoms with Crippen molar-refractivity contribution in [2.75, 3.05) is 6.61 Å². The summed E-state index contributed by atoms with van der Waals surface area (Å²) in [5.41, 5.74) is 3.69. The van der Waals surface area contributed by atoms with Gasteiger partial charge in [-0.25, -0.2) is 4.79 Å². The minimum atomic E-state index is -0.365. The highest BCUT2D eigenvalue weighted by Crippen LogP contribution is 2.28. The summed E-state index contributed by atoms with van der Waals surface area (Å²) in [6.07, 6.45) is 5.24. The van der Waals surface area contributed by atoms with Gasteiger partial charge in [0.1, 0.15) is 0 Å². The molecule has 0 fully saturated rings. The summed E-state index contributed by atoms with van der Waals surface area (Å²) >= 11 is 0. The number of pyridine rings is 2. The summed E-state index contributed by atoms with van der Waals surface area (Å²) < 4.78 is 7.06. The molecule has 0 unspecified atom stereocenters. The van der Waals surface area contributed by atoms with Gasteiger partial charge in [-0.3, -0.25) is 4.98 Å². The topological polar surface area (TPSA) is 63.8 Å². The van der Waals surface area contributed by atoms with Crippen molar-refractivity contribution in [1.82, 2.24) is 9.38 Å². The van der Waals surface area contributed by atoms with Crippen LogP contribution < -0.4 is 0 Å². The molecule has 0 saturated heterocycles. The third kappa shape index (κ3) is 2.46. The van der Waals surface area contributed by atoms with Crippen molar-refractivity contribution in [3.63, 3.8) is 0 Å². The number of hydrogen-bond acceptors (Lipinski definition) is 4. The van der Waals surface area contributed by atoms with Crippen LogP contribution >= 0.6 is 0 Å². The maximum atomic E-state index is 12.3. The first-order valence-corrected chi connectivity index (χ1v) is 7.07. The van der Waals surface area contributed by atoms with E-state index in [0.717, 1.165) is 22.3 Å². The number of carbonyl (C=O) groups is 1. The molecule has 0 bridgehead atoms. The average Bonchev–Trinajstić information content (AvgIpc) is 2.94. The first kappa shape index (κ1) is 14.3. The normalized spacial score (nSPS) is 10.8. The molecule has 3 aromatic rings. The summed E-state index contributed by atoms with van der Waals surface area (Å²) in [6, 6.07) is 9.17. The predicted molar refractivity (Wildman–Crippen MR) is 82.5 cm³/mol. The largest absolute Gasteiger partial charge is 0.462 e. The Labute approximate surface area is 127 Å². The number of esters is 1. The first-order valence-electron chi connectivity index (χ1n) is 7.07. The maximum absolute atomic E-state index is 12.3. The van der Waals surface area contributed by atoms with Gasteiger partial charge in [0.15, 0.2) is 0 Å². The molecular formula is C17H16N2O3. The number of nitrogens with zero attached hydrogens (tertiary/aromatic N) is 2. The molecule has 22 heavy (non-hydrogen) atoms. The number of aliphatic hydroxyl groups is 1. The van der Waals surface area contributed by atoms with Crippen LogP contribution in [0.3, 0.4) is 0 Å². The monoisotopic (exact) mass is 296 g/mol. The van der Waals surface area contributed by atoms with E-state index in [1.807, 2.05) is 34.9 Å². The van der Waals surface area contributed by atoms with E-state index in [1.165, 1.54) is 0 Å². The number of carbonyl (C=O) groups excluding carboxylic acids is 1. The van der Waals surface area contributed by atoms with Crippen LogP contribution in [0.5, 0.6) is 0 Å². The number of fused-ring (bicyclic) bond motifs is 1. The van der Waals surface area contributed by atoms with E-state index in [0.29, 0.717) is 12.2 Å². The van der Waals surface area contributed by atoms with Crippen LogP contribution in [-0.2, 0) is 11.3 Å². The summed E-state index contributed by atoms with van der Waals surface area (Å²) in [6.45, 7) is 2.05. The van der Waals surface area contributed by atoms with Crippen molar-refractivity contribution >= 4 is 11.5 Å². The van der Waals surface area contributed by atoms with Gasteiger partial charge in [-0.05, 0) is 42.8 Å². The summed E-state index contributed by atoms with van der Waals surface area (Å²) in [7, 11) is 0. The van der Waals surface area contributed by atoms with Crippen LogP contribution in [0.25, 0.3) is 16.8 Å². The number of rotatable bonds is 4. The Kier molecular flexibility index (Phi) is 3.89. The van der Waals surface area contributed by atoms with Gasteiger partial charge < -0.3 is 14.2 Å². The molecule has 0 amide bonds. The molecule has 5 heteroatoms. The molecule has 0 radical (unpaired) electrons. The quantitative estimate of drug-likeness (QED) is 0.752. The van der Waals surface area contributed by atoms with Gasteiger partial charge in [-0.2, -0.15) is 0 Å². The molecule has 0 aliphatic heterocycles. The number of ether oxygens (including phenoxy) is 1. The molecule has 3 rings (SSSR count). The molecule has 5 nitrogen and oxygen atoms in total. The van der Waals surface area contributed by atoms with Crippen LogP contribution in [-0.4, -0.2) is 27.1 Å². The van der Waals surface area contributed by atoms with Gasteiger partial charge in [0, 0.05) is 29.7 Å². The van der Waals surface area contributed by atoms with Crippen molar-refractivity contribution in [3.05, 3.63) is 60.0 Å². The van der Waals surface area contributed by atoms with Crippen molar-refractivity contribution in [1.29, 1.82) is 0 Å². The van der Waals surface area contributed by atoms with Crippen LogP contribution in [0.1, 0.15) is 22.8 Å². The van der Waals surface area contributed by atoms with Crippen molar-refractivity contribution in [2.24, 2.45) is 0 Å². The Balaban J connectivity index is 2.26. The second-order valence-corrected chi connectivity index (χ2v) is 4.86. The van der Waals surface area contributed by atoms with Gasteiger partial charge in [0.05, 0.1) is 24.5 Å². The lowest BCUT2D eigenvalue weighted by Crippen LogP contribution is -2.05. The highest BCUT2D eigenvalue weighted by Gasteiger charge is 2.19. The minimum Gasteiger partial charge on any atom is -0.462 e. The Bertz CT molecular complexity index is 809. The van der Waals surface area contributed by atoms with Gasteiger partial charge >= 0.3 is 5.97 Å². The third-order valence-electron chi connectivity index (χ3n) is 3.45. The molecule has 1 N–H and O–H groups in total. The number of hydrogen-bond donors (Lipinski definition) is 1. The zero-order valence-corrected chi connectivity index (χ0v) is 12.2. The highest BCUT2D eigenvalue weighted by atomic mass is 16.5. The zero-order valence-electron chi connectivity index (χ0n) is 12.2. The zero-order chi connectivity index (χ0) is 15.5. The smallest absolute Gasteiger partial charge is 0.340 e. The minimum absolute atomic E-state index is 0.0430. The van der Waals surface area contributed by atoms with Crippen molar-refractivity contribution in [3.8, 4) is 11.3 Å². The van der Waals surface area contributed by atoms with E-state index in [4.69, 9.17) is 4.74 Å². The van der Waals surface area contributed by atoms with Crippen molar-refractivity contribution < 1.29 is 14.6 Å². The molecule has 3 heterocycles. The van der Waals surface area contributed by atoms with Crippen LogP contribution in [0, 0.1) is 0 Å². The number of aromatic nitrogens is 2. The Morgan fingerprint density at radius 1 is 1.36 bits per heavy atom. The van der Waals surface area contributed by atoms with Gasteiger partial charge in [-0.15, -0.1) is 0 Å². The van der Waals surface area contributed by atoms with Crippen LogP contribution in [0.4, 0.5) is 0 Å². The van der Waals surface area contributed by atoms with E-state index in [1.54, 1.807) is 25.4 Å². The molecule has 112 valence electrons. The molecule has 0 spiro atoms. The standard InChI is InChI=1S/C17H16N2O3/c1-2-22-17(21)15-9-14-8-12(11-20)5-7-19(14)16(15)13-4-3-6-18-10-13/h3-10,20H,2,11H2,1H3. The Morgan fingerprint density at radius 2 is 2.23 bits per heavy atom. The first-order chi connectivity index (χ1) is 10.7. The second-order valence-electron chi connectivity index (χ2n) is 4.86. The molecule has 0 aliphatic rings. The van der Waals surface area contributed by atoms with Crippen LogP contribution in [0.2, 0.25) is 0 Å². The lowest BCUT2D eigenvalue weighted by Gasteiger charge is -2.07. The van der Waals surface area contributed by atoms with E-state index in [9.17, 15) is 9.90 Å². The molecule has 0 aliphatic carbocycles. The van der Waals surface area contributed by atoms with Crippen LogP contribution in [0.15, 0.2) is 48.9 Å². The lowest BCUT2D eigenvalue weighted by atomic mass is 10.1. The number of aliphatic hydroxyl groups excluding tert-OH is 1. The molecular weight excluding hydrogens is 280 g/mol. The molecule has 0 aromatic carbocycles. The van der Waals surface area contributed by atoms with Crippen molar-refractivity contribution in [2.45, 2.75) is 13.5 Å². The van der Waals surface area contributed by atoms with E-state index >= 15 is 0 Å². The Morgan fingerprint density at radius 3 is 2.91 bits per heavy atom. The predicted octanol–water partition coefficient (Wildman–Crippen LogP) is 2.67. The maximum Gasteiger partial charge on any atom is 0.340 e. The molecule has 0 atom stereocenters. The summed E-state index contributed by atoms with van der Waals surface area (Å²) in [5, 5.41) is 9.27. The lowest BCUT2D eigenvalue weighted by molar-refractivity contribution is 0.0527. The average molecular weight is 296 g/mol.